The van der Waals surface area contributed by atoms with E-state index in [1.807, 2.05) is 30.3 Å². The minimum Gasteiger partial charge on any atom is -0.466 e. The van der Waals surface area contributed by atoms with E-state index in [-0.39, 0.29) is 11.5 Å². The van der Waals surface area contributed by atoms with Gasteiger partial charge in [-0.15, -0.1) is 0 Å². The zero-order valence-corrected chi connectivity index (χ0v) is 9.51. The van der Waals surface area contributed by atoms with Crippen molar-refractivity contribution in [2.45, 2.75) is 13.0 Å². The lowest BCUT2D eigenvalue weighted by molar-refractivity contribution is -0.137. The van der Waals surface area contributed by atoms with Gasteiger partial charge in [-0.3, -0.25) is 0 Å². The molecule has 0 unspecified atom stereocenters. The van der Waals surface area contributed by atoms with Crippen LogP contribution in [0.3, 0.4) is 0 Å². The van der Waals surface area contributed by atoms with E-state index in [2.05, 4.69) is 11.3 Å². The van der Waals surface area contributed by atoms with Crippen LogP contribution < -0.4 is 0 Å². The quantitative estimate of drug-likeness (QED) is 0.624. The molecule has 0 amide bonds. The number of benzene rings is 1. The summed E-state index contributed by atoms with van der Waals surface area (Å²) in [5.74, 6) is -0.850. The third kappa shape index (κ3) is 2.70. The molecule has 0 aliphatic carbocycles. The molecule has 16 heavy (non-hydrogen) atoms. The van der Waals surface area contributed by atoms with E-state index in [4.69, 9.17) is 0 Å². The van der Waals surface area contributed by atoms with E-state index in [1.165, 1.54) is 7.11 Å². The summed E-state index contributed by atoms with van der Waals surface area (Å²) in [6, 6.07) is 9.17. The fourth-order valence-electron chi connectivity index (χ4n) is 1.45. The van der Waals surface area contributed by atoms with Crippen molar-refractivity contribution in [3.8, 4) is 0 Å². The number of carbonyl (C=O) groups excluding carboxylic acids is 1. The maximum Gasteiger partial charge on any atom is 0.333 e. The van der Waals surface area contributed by atoms with Crippen molar-refractivity contribution in [3.05, 3.63) is 48.0 Å². The van der Waals surface area contributed by atoms with E-state index in [0.717, 1.165) is 5.56 Å². The maximum absolute atomic E-state index is 11.3. The van der Waals surface area contributed by atoms with Gasteiger partial charge in [0.2, 0.25) is 0 Å². The summed E-state index contributed by atoms with van der Waals surface area (Å²) in [7, 11) is 1.30. The fraction of sp³-hybridized carbons (Fsp3) is 0.308. The highest BCUT2D eigenvalue weighted by Gasteiger charge is 2.23. The number of ether oxygens (including phenoxy) is 1. The van der Waals surface area contributed by atoms with E-state index in [0.29, 0.717) is 0 Å². The first-order valence-electron chi connectivity index (χ1n) is 5.08. The van der Waals surface area contributed by atoms with Gasteiger partial charge in [-0.25, -0.2) is 4.79 Å². The molecule has 2 atom stereocenters. The van der Waals surface area contributed by atoms with Gasteiger partial charge in [0, 0.05) is 11.5 Å². The van der Waals surface area contributed by atoms with Crippen molar-refractivity contribution in [1.29, 1.82) is 0 Å². The highest BCUT2D eigenvalue weighted by atomic mass is 16.5. The normalized spacial score (nSPS) is 13.9. The molecule has 0 bridgehead atoms. The Morgan fingerprint density at radius 3 is 2.44 bits per heavy atom. The van der Waals surface area contributed by atoms with Gasteiger partial charge in [0.05, 0.1) is 13.2 Å². The number of methoxy groups -OCH3 is 1. The van der Waals surface area contributed by atoms with Crippen LogP contribution >= 0.6 is 0 Å². The lowest BCUT2D eigenvalue weighted by Gasteiger charge is -2.19. The Hall–Kier alpha value is -1.61. The van der Waals surface area contributed by atoms with Crippen molar-refractivity contribution in [1.82, 2.24) is 0 Å². The van der Waals surface area contributed by atoms with Crippen molar-refractivity contribution >= 4 is 5.97 Å². The minimum atomic E-state index is -0.743. The average Bonchev–Trinajstić information content (AvgIpc) is 2.36. The summed E-state index contributed by atoms with van der Waals surface area (Å²) in [6.45, 7) is 5.38. The van der Waals surface area contributed by atoms with Crippen LogP contribution in [-0.2, 0) is 9.53 Å². The summed E-state index contributed by atoms with van der Waals surface area (Å²) in [5, 5.41) is 10.0. The molecule has 0 aliphatic heterocycles. The molecule has 0 aliphatic rings. The molecule has 3 heteroatoms. The molecule has 86 valence electrons. The van der Waals surface area contributed by atoms with Gasteiger partial charge in [-0.1, -0.05) is 43.8 Å². The zero-order chi connectivity index (χ0) is 12.1. The van der Waals surface area contributed by atoms with Crippen LogP contribution in [0.15, 0.2) is 42.5 Å². The Balaban J connectivity index is 2.79. The molecular formula is C13H16O3. The van der Waals surface area contributed by atoms with E-state index in [9.17, 15) is 9.90 Å². The molecule has 3 nitrogen and oxygen atoms in total. The molecule has 0 aromatic heterocycles. The second kappa shape index (κ2) is 5.47. The van der Waals surface area contributed by atoms with Crippen molar-refractivity contribution < 1.29 is 14.6 Å². The Labute approximate surface area is 95.4 Å². The molecule has 0 radical (unpaired) electrons. The van der Waals surface area contributed by atoms with Crippen LogP contribution in [0.25, 0.3) is 0 Å². The number of hydrogen-bond acceptors (Lipinski definition) is 3. The molecule has 0 heterocycles. The number of aliphatic hydroxyl groups is 1. The lowest BCUT2D eigenvalue weighted by Crippen LogP contribution is -2.17. The predicted molar refractivity (Wildman–Crippen MR) is 61.7 cm³/mol. The second-order valence-corrected chi connectivity index (χ2v) is 3.66. The summed E-state index contributed by atoms with van der Waals surface area (Å²) in [6.07, 6.45) is -0.743. The molecule has 1 aromatic carbocycles. The van der Waals surface area contributed by atoms with Crippen molar-refractivity contribution in [3.63, 3.8) is 0 Å². The predicted octanol–water partition coefficient (Wildman–Crippen LogP) is 2.09. The second-order valence-electron chi connectivity index (χ2n) is 3.66. The molecule has 0 saturated carbocycles. The number of esters is 1. The SMILES string of the molecule is C=C(C(=O)OC)[C@@H](C)[C@H](O)c1ccccc1. The number of aliphatic hydroxyl groups excluding tert-OH is 1. The molecule has 0 fully saturated rings. The average molecular weight is 220 g/mol. The van der Waals surface area contributed by atoms with Gasteiger partial charge in [0.25, 0.3) is 0 Å². The molecule has 0 spiro atoms. The molecule has 1 N–H and O–H groups in total. The summed E-state index contributed by atoms with van der Waals surface area (Å²) in [4.78, 5) is 11.3. The molecule has 0 saturated heterocycles. The van der Waals surface area contributed by atoms with Crippen molar-refractivity contribution in [2.24, 2.45) is 5.92 Å². The van der Waals surface area contributed by atoms with Crippen LogP contribution in [-0.4, -0.2) is 18.2 Å². The van der Waals surface area contributed by atoms with Gasteiger partial charge < -0.3 is 9.84 Å². The van der Waals surface area contributed by atoms with Gasteiger partial charge in [0.15, 0.2) is 0 Å². The van der Waals surface area contributed by atoms with E-state index >= 15 is 0 Å². The Bertz CT molecular complexity index is 370. The van der Waals surface area contributed by atoms with Crippen LogP contribution in [0.5, 0.6) is 0 Å². The van der Waals surface area contributed by atoms with Crippen molar-refractivity contribution in [2.75, 3.05) is 7.11 Å². The first-order chi connectivity index (χ1) is 7.57. The van der Waals surface area contributed by atoms with Gasteiger partial charge in [-0.2, -0.15) is 0 Å². The Morgan fingerprint density at radius 2 is 1.94 bits per heavy atom. The van der Waals surface area contributed by atoms with Crippen LogP contribution in [0.1, 0.15) is 18.6 Å². The maximum atomic E-state index is 11.3. The number of carbonyl (C=O) groups is 1. The molecule has 1 rings (SSSR count). The third-order valence-electron chi connectivity index (χ3n) is 2.61. The first-order valence-corrected chi connectivity index (χ1v) is 5.08. The minimum absolute atomic E-state index is 0.277. The Morgan fingerprint density at radius 1 is 1.38 bits per heavy atom. The monoisotopic (exact) mass is 220 g/mol. The van der Waals surface area contributed by atoms with Crippen LogP contribution in [0.4, 0.5) is 0 Å². The summed E-state index contributed by atoms with van der Waals surface area (Å²) in [5.41, 5.74) is 1.04. The standard InChI is InChI=1S/C13H16O3/c1-9(10(2)13(15)16-3)12(14)11-7-5-4-6-8-11/h4-9,12,14H,2H2,1,3H3/t9-,12+/m1/s1. The molecular weight excluding hydrogens is 204 g/mol. The number of hydrogen-bond donors (Lipinski definition) is 1. The largest absolute Gasteiger partial charge is 0.466 e. The molecule has 1 aromatic rings. The van der Waals surface area contributed by atoms with E-state index < -0.39 is 12.1 Å². The third-order valence-corrected chi connectivity index (χ3v) is 2.61. The smallest absolute Gasteiger partial charge is 0.333 e. The summed E-state index contributed by atoms with van der Waals surface area (Å²) < 4.78 is 4.57. The highest BCUT2D eigenvalue weighted by Crippen LogP contribution is 2.26. The van der Waals surface area contributed by atoms with Gasteiger partial charge >= 0.3 is 5.97 Å². The highest BCUT2D eigenvalue weighted by molar-refractivity contribution is 5.88. The Kier molecular flexibility index (Phi) is 4.26. The lowest BCUT2D eigenvalue weighted by atomic mass is 9.91. The van der Waals surface area contributed by atoms with Crippen LogP contribution in [0, 0.1) is 5.92 Å². The fourth-order valence-corrected chi connectivity index (χ4v) is 1.45. The summed E-state index contributed by atoms with van der Waals surface area (Å²) >= 11 is 0. The topological polar surface area (TPSA) is 46.5 Å². The number of rotatable bonds is 4. The van der Waals surface area contributed by atoms with E-state index in [1.54, 1.807) is 6.92 Å². The van der Waals surface area contributed by atoms with Gasteiger partial charge in [-0.05, 0) is 5.56 Å². The zero-order valence-electron chi connectivity index (χ0n) is 9.51. The van der Waals surface area contributed by atoms with Crippen LogP contribution in [0.2, 0.25) is 0 Å². The van der Waals surface area contributed by atoms with Gasteiger partial charge in [0.1, 0.15) is 0 Å². The first kappa shape index (κ1) is 12.5.